The van der Waals surface area contributed by atoms with Crippen molar-refractivity contribution in [3.8, 4) is 0 Å². The maximum absolute atomic E-state index is 8.80. The highest BCUT2D eigenvalue weighted by Crippen LogP contribution is 2.21. The Kier molecular flexibility index (Phi) is 2.15. The van der Waals surface area contributed by atoms with Crippen LogP contribution in [0.3, 0.4) is 0 Å². The minimum Gasteiger partial charge on any atom is -0.272 e. The van der Waals surface area contributed by atoms with Crippen molar-refractivity contribution < 1.29 is 5.21 Å². The average molecular weight is 152 g/mol. The summed E-state index contributed by atoms with van der Waals surface area (Å²) in [4.78, 5) is 7.36. The number of nitrogens with two attached hydrogens (primary N) is 1. The smallest absolute Gasteiger partial charge is 0.196 e. The molecule has 0 aliphatic rings. The fraction of sp³-hybridized carbons (Fsp3) is 0. The summed E-state index contributed by atoms with van der Waals surface area (Å²) in [5, 5.41) is 9.20. The van der Waals surface area contributed by atoms with Gasteiger partial charge < -0.3 is 0 Å². The van der Waals surface area contributed by atoms with E-state index in [1.54, 1.807) is 12.1 Å². The highest BCUT2D eigenvalue weighted by Gasteiger charge is 2.03. The summed E-state index contributed by atoms with van der Waals surface area (Å²) in [5.74, 6) is 5.21. The third-order valence-corrected chi connectivity index (χ3v) is 1.15. The molecular weight excluding hydrogens is 144 g/mol. The predicted octanol–water partition coefficient (Wildman–Crippen LogP) is 0.483. The molecule has 0 saturated carbocycles. The fourth-order valence-corrected chi connectivity index (χ4v) is 0.688. The number of rotatable bonds is 2. The fourth-order valence-electron chi connectivity index (χ4n) is 0.688. The molecule has 0 fully saturated rings. The molecule has 0 amide bonds. The second-order valence-electron chi connectivity index (χ2n) is 1.85. The van der Waals surface area contributed by atoms with Crippen molar-refractivity contribution in [2.45, 2.75) is 0 Å². The van der Waals surface area contributed by atoms with E-state index in [0.717, 1.165) is 0 Å². The van der Waals surface area contributed by atoms with E-state index >= 15 is 0 Å². The van der Waals surface area contributed by atoms with Crippen molar-refractivity contribution in [1.82, 2.24) is 4.98 Å². The Balaban J connectivity index is 3.12. The van der Waals surface area contributed by atoms with Crippen LogP contribution in [0, 0.1) is 0 Å². The molecule has 0 bridgehead atoms. The lowest BCUT2D eigenvalue weighted by atomic mass is 10.4. The van der Waals surface area contributed by atoms with Crippen LogP contribution >= 0.6 is 0 Å². The molecule has 58 valence electrons. The Morgan fingerprint density at radius 3 is 2.91 bits per heavy atom. The van der Waals surface area contributed by atoms with Crippen LogP contribution in [0.1, 0.15) is 0 Å². The Morgan fingerprint density at radius 2 is 2.45 bits per heavy atom. The SMILES string of the molecule is C=Nc1cccnc1N(N)O. The molecule has 1 aromatic rings. The summed E-state index contributed by atoms with van der Waals surface area (Å²) in [7, 11) is 0. The van der Waals surface area contributed by atoms with E-state index in [1.807, 2.05) is 0 Å². The highest BCUT2D eigenvalue weighted by atomic mass is 16.5. The zero-order chi connectivity index (χ0) is 8.27. The number of nitrogens with zero attached hydrogens (tertiary/aromatic N) is 3. The summed E-state index contributed by atoms with van der Waals surface area (Å²) < 4.78 is 0. The van der Waals surface area contributed by atoms with Crippen molar-refractivity contribution in [3.63, 3.8) is 0 Å². The van der Waals surface area contributed by atoms with E-state index in [9.17, 15) is 0 Å². The van der Waals surface area contributed by atoms with Gasteiger partial charge in [0.15, 0.2) is 5.82 Å². The average Bonchev–Trinajstić information content (AvgIpc) is 2.04. The zero-order valence-corrected chi connectivity index (χ0v) is 5.81. The first-order valence-corrected chi connectivity index (χ1v) is 2.91. The van der Waals surface area contributed by atoms with Crippen LogP contribution in [0.2, 0.25) is 0 Å². The van der Waals surface area contributed by atoms with Gasteiger partial charge in [-0.25, -0.2) is 10.8 Å². The molecule has 3 N–H and O–H groups in total. The maximum Gasteiger partial charge on any atom is 0.196 e. The summed E-state index contributed by atoms with van der Waals surface area (Å²) in [6.07, 6.45) is 1.50. The highest BCUT2D eigenvalue weighted by molar-refractivity contribution is 5.62. The molecule has 5 heteroatoms. The molecule has 0 spiro atoms. The standard InChI is InChI=1S/C6H8N4O/c1-8-5-3-2-4-9-6(5)10(7)11/h2-4,11H,1,7H2. The lowest BCUT2D eigenvalue weighted by Crippen LogP contribution is -2.26. The van der Waals surface area contributed by atoms with Gasteiger partial charge >= 0.3 is 0 Å². The van der Waals surface area contributed by atoms with E-state index in [1.165, 1.54) is 6.20 Å². The molecule has 0 aromatic carbocycles. The molecule has 0 unspecified atom stereocenters. The van der Waals surface area contributed by atoms with Crippen molar-refractivity contribution in [3.05, 3.63) is 18.3 Å². The first-order chi connectivity index (χ1) is 5.25. The van der Waals surface area contributed by atoms with Gasteiger partial charge in [-0.1, -0.05) is 0 Å². The summed E-state index contributed by atoms with van der Waals surface area (Å²) in [6, 6.07) is 3.32. The number of aromatic nitrogens is 1. The molecule has 1 aromatic heterocycles. The van der Waals surface area contributed by atoms with Crippen molar-refractivity contribution in [2.24, 2.45) is 10.8 Å². The second kappa shape index (κ2) is 3.09. The minimum absolute atomic E-state index is 0.183. The molecule has 1 rings (SSSR count). The largest absolute Gasteiger partial charge is 0.272 e. The van der Waals surface area contributed by atoms with Crippen LogP contribution < -0.4 is 11.0 Å². The van der Waals surface area contributed by atoms with Gasteiger partial charge in [0.2, 0.25) is 0 Å². The van der Waals surface area contributed by atoms with Gasteiger partial charge in [0.25, 0.3) is 0 Å². The molecule has 0 radical (unpaired) electrons. The van der Waals surface area contributed by atoms with Gasteiger partial charge in [0.05, 0.1) is 0 Å². The number of anilines is 1. The van der Waals surface area contributed by atoms with Crippen LogP contribution in [-0.4, -0.2) is 16.9 Å². The normalized spacial score (nSPS) is 9.27. The first kappa shape index (κ1) is 7.64. The molecule has 0 aliphatic carbocycles. The third-order valence-electron chi connectivity index (χ3n) is 1.15. The van der Waals surface area contributed by atoms with Crippen LogP contribution in [0.25, 0.3) is 0 Å². The molecule has 5 nitrogen and oxygen atoms in total. The molecule has 11 heavy (non-hydrogen) atoms. The van der Waals surface area contributed by atoms with Gasteiger partial charge in [-0.15, -0.1) is 0 Å². The predicted molar refractivity (Wildman–Crippen MR) is 41.9 cm³/mol. The van der Waals surface area contributed by atoms with Gasteiger partial charge in [-0.3, -0.25) is 10.2 Å². The molecule has 0 aliphatic heterocycles. The topological polar surface area (TPSA) is 74.7 Å². The van der Waals surface area contributed by atoms with Crippen LogP contribution in [-0.2, 0) is 0 Å². The van der Waals surface area contributed by atoms with E-state index < -0.39 is 0 Å². The Morgan fingerprint density at radius 1 is 1.73 bits per heavy atom. The summed E-state index contributed by atoms with van der Waals surface area (Å²) in [5.41, 5.74) is 0.442. The second-order valence-corrected chi connectivity index (χ2v) is 1.85. The summed E-state index contributed by atoms with van der Waals surface area (Å²) >= 11 is 0. The number of hydrogen-bond acceptors (Lipinski definition) is 5. The maximum atomic E-state index is 8.80. The minimum atomic E-state index is 0.183. The Hall–Kier alpha value is -1.46. The Bertz CT molecular complexity index is 261. The van der Waals surface area contributed by atoms with Crippen molar-refractivity contribution in [2.75, 3.05) is 5.17 Å². The van der Waals surface area contributed by atoms with Crippen molar-refractivity contribution >= 4 is 18.2 Å². The van der Waals surface area contributed by atoms with E-state index in [-0.39, 0.29) is 5.82 Å². The lowest BCUT2D eigenvalue weighted by molar-refractivity contribution is 0.255. The molecule has 0 saturated heterocycles. The van der Waals surface area contributed by atoms with Crippen LogP contribution in [0.5, 0.6) is 0 Å². The quantitative estimate of drug-likeness (QED) is 0.367. The van der Waals surface area contributed by atoms with Crippen LogP contribution in [0.15, 0.2) is 23.3 Å². The number of pyridine rings is 1. The van der Waals surface area contributed by atoms with E-state index in [0.29, 0.717) is 10.9 Å². The molecule has 1 heterocycles. The van der Waals surface area contributed by atoms with E-state index in [2.05, 4.69) is 16.7 Å². The number of hydrogen-bond donors (Lipinski definition) is 2. The molecular formula is C6H8N4O. The van der Waals surface area contributed by atoms with Gasteiger partial charge in [0.1, 0.15) is 5.69 Å². The first-order valence-electron chi connectivity index (χ1n) is 2.91. The monoisotopic (exact) mass is 152 g/mol. The van der Waals surface area contributed by atoms with E-state index in [4.69, 9.17) is 11.0 Å². The number of hydrazine groups is 1. The molecule has 0 atom stereocenters. The van der Waals surface area contributed by atoms with Gasteiger partial charge in [-0.05, 0) is 18.9 Å². The third kappa shape index (κ3) is 1.51. The summed E-state index contributed by atoms with van der Waals surface area (Å²) in [6.45, 7) is 3.29. The number of aliphatic imine (C=N–C) groups is 1. The zero-order valence-electron chi connectivity index (χ0n) is 5.81. The van der Waals surface area contributed by atoms with Gasteiger partial charge in [0, 0.05) is 6.20 Å². The van der Waals surface area contributed by atoms with Crippen LogP contribution in [0.4, 0.5) is 11.5 Å². The van der Waals surface area contributed by atoms with Gasteiger partial charge in [-0.2, -0.15) is 5.17 Å². The lowest BCUT2D eigenvalue weighted by Gasteiger charge is -2.09. The van der Waals surface area contributed by atoms with Crippen molar-refractivity contribution in [1.29, 1.82) is 0 Å². The Labute approximate surface area is 63.7 Å².